The Bertz CT molecular complexity index is 328. The summed E-state index contributed by atoms with van der Waals surface area (Å²) >= 11 is 0. The molecule has 3 rings (SSSR count). The Labute approximate surface area is 70.8 Å². The van der Waals surface area contributed by atoms with E-state index >= 15 is 0 Å². The van der Waals surface area contributed by atoms with E-state index in [1.165, 1.54) is 17.2 Å². The average molecular weight is 164 g/mol. The zero-order chi connectivity index (χ0) is 8.13. The van der Waals surface area contributed by atoms with E-state index in [1.807, 2.05) is 0 Å². The number of nitrogens with zero attached hydrogens (tertiary/aromatic N) is 2. The molecule has 4 heteroatoms. The Kier molecular flexibility index (Phi) is 1.15. The first-order valence-corrected chi connectivity index (χ1v) is 4.38. The molecule has 0 saturated heterocycles. The molecular weight excluding hydrogens is 152 g/mol. The van der Waals surface area contributed by atoms with Gasteiger partial charge in [-0.05, 0) is 0 Å². The number of hydrogen-bond acceptors (Lipinski definition) is 3. The maximum absolute atomic E-state index is 5.84. The van der Waals surface area contributed by atoms with Crippen molar-refractivity contribution in [1.29, 1.82) is 0 Å². The standard InChI is InChI=1S/C8H12N4/c9-5-1-8-11-6-2-10-3-7(6)12(8)4-5/h5,10H,1-4,9H2. The molecule has 3 heterocycles. The van der Waals surface area contributed by atoms with Crippen molar-refractivity contribution in [3.8, 4) is 0 Å². The first-order chi connectivity index (χ1) is 5.84. The van der Waals surface area contributed by atoms with E-state index in [0.717, 1.165) is 26.1 Å². The van der Waals surface area contributed by atoms with Crippen molar-refractivity contribution in [1.82, 2.24) is 14.9 Å². The third kappa shape index (κ3) is 0.711. The lowest BCUT2D eigenvalue weighted by Gasteiger charge is -2.02. The number of imidazole rings is 1. The highest BCUT2D eigenvalue weighted by molar-refractivity contribution is 5.23. The van der Waals surface area contributed by atoms with E-state index in [4.69, 9.17) is 5.73 Å². The molecule has 0 fully saturated rings. The van der Waals surface area contributed by atoms with Crippen LogP contribution in [0.2, 0.25) is 0 Å². The molecule has 1 unspecified atom stereocenters. The third-order valence-electron chi connectivity index (χ3n) is 2.68. The van der Waals surface area contributed by atoms with E-state index in [-0.39, 0.29) is 0 Å². The van der Waals surface area contributed by atoms with Gasteiger partial charge in [0.2, 0.25) is 0 Å². The van der Waals surface area contributed by atoms with Gasteiger partial charge in [0.25, 0.3) is 0 Å². The van der Waals surface area contributed by atoms with Crippen LogP contribution in [0.3, 0.4) is 0 Å². The Hall–Kier alpha value is -0.870. The van der Waals surface area contributed by atoms with Crippen LogP contribution in [0, 0.1) is 0 Å². The van der Waals surface area contributed by atoms with Crippen LogP contribution in [0.25, 0.3) is 0 Å². The van der Waals surface area contributed by atoms with Crippen LogP contribution < -0.4 is 11.1 Å². The third-order valence-corrected chi connectivity index (χ3v) is 2.68. The van der Waals surface area contributed by atoms with Crippen LogP contribution >= 0.6 is 0 Å². The lowest BCUT2D eigenvalue weighted by molar-refractivity contribution is 0.617. The number of nitrogens with two attached hydrogens (primary N) is 1. The molecule has 0 saturated carbocycles. The van der Waals surface area contributed by atoms with Crippen LogP contribution in [-0.2, 0) is 26.1 Å². The largest absolute Gasteiger partial charge is 0.329 e. The highest BCUT2D eigenvalue weighted by Crippen LogP contribution is 2.22. The molecule has 4 nitrogen and oxygen atoms in total. The number of nitrogens with one attached hydrogen (secondary N) is 1. The fourth-order valence-corrected chi connectivity index (χ4v) is 2.14. The second kappa shape index (κ2) is 2.08. The smallest absolute Gasteiger partial charge is 0.110 e. The molecule has 2 aliphatic rings. The van der Waals surface area contributed by atoms with Crippen molar-refractivity contribution >= 4 is 0 Å². The van der Waals surface area contributed by atoms with Gasteiger partial charge in [0.05, 0.1) is 11.4 Å². The van der Waals surface area contributed by atoms with E-state index in [2.05, 4.69) is 14.9 Å². The predicted molar refractivity (Wildman–Crippen MR) is 44.5 cm³/mol. The zero-order valence-corrected chi connectivity index (χ0v) is 6.88. The van der Waals surface area contributed by atoms with Crippen molar-refractivity contribution in [2.24, 2.45) is 5.73 Å². The van der Waals surface area contributed by atoms with Crippen molar-refractivity contribution in [3.05, 3.63) is 17.2 Å². The molecular formula is C8H12N4. The summed E-state index contributed by atoms with van der Waals surface area (Å²) in [6, 6.07) is 0.290. The second-order valence-corrected chi connectivity index (χ2v) is 3.60. The van der Waals surface area contributed by atoms with Crippen molar-refractivity contribution < 1.29 is 0 Å². The normalized spacial score (nSPS) is 25.9. The van der Waals surface area contributed by atoms with Gasteiger partial charge in [-0.1, -0.05) is 0 Å². The molecule has 12 heavy (non-hydrogen) atoms. The van der Waals surface area contributed by atoms with E-state index in [0.29, 0.717) is 6.04 Å². The quantitative estimate of drug-likeness (QED) is 0.537. The van der Waals surface area contributed by atoms with Crippen molar-refractivity contribution in [3.63, 3.8) is 0 Å². The van der Waals surface area contributed by atoms with Gasteiger partial charge in [0, 0.05) is 32.1 Å². The van der Waals surface area contributed by atoms with Crippen LogP contribution in [0.4, 0.5) is 0 Å². The predicted octanol–water partition coefficient (Wildman–Crippen LogP) is -0.630. The first-order valence-electron chi connectivity index (χ1n) is 4.38. The molecule has 1 aromatic heterocycles. The lowest BCUT2D eigenvalue weighted by atomic mass is 10.2. The van der Waals surface area contributed by atoms with Crippen molar-refractivity contribution in [2.45, 2.75) is 32.1 Å². The van der Waals surface area contributed by atoms with Gasteiger partial charge in [-0.2, -0.15) is 0 Å². The summed E-state index contributed by atoms with van der Waals surface area (Å²) in [7, 11) is 0. The SMILES string of the molecule is NC1Cc2nc3c(n2C1)CNC3. The van der Waals surface area contributed by atoms with Gasteiger partial charge in [0.15, 0.2) is 0 Å². The van der Waals surface area contributed by atoms with Crippen LogP contribution in [-0.4, -0.2) is 15.6 Å². The van der Waals surface area contributed by atoms with Gasteiger partial charge in [-0.15, -0.1) is 0 Å². The zero-order valence-electron chi connectivity index (χ0n) is 6.88. The van der Waals surface area contributed by atoms with Crippen LogP contribution in [0.15, 0.2) is 0 Å². The number of rotatable bonds is 0. The fourth-order valence-electron chi connectivity index (χ4n) is 2.14. The summed E-state index contributed by atoms with van der Waals surface area (Å²) in [6.07, 6.45) is 0.951. The molecule has 0 radical (unpaired) electrons. The summed E-state index contributed by atoms with van der Waals surface area (Å²) in [5.74, 6) is 1.19. The van der Waals surface area contributed by atoms with Gasteiger partial charge in [-0.25, -0.2) is 4.98 Å². The maximum Gasteiger partial charge on any atom is 0.110 e. The van der Waals surface area contributed by atoms with Crippen molar-refractivity contribution in [2.75, 3.05) is 0 Å². The topological polar surface area (TPSA) is 55.9 Å². The lowest BCUT2D eigenvalue weighted by Crippen LogP contribution is -2.21. The molecule has 0 spiro atoms. The highest BCUT2D eigenvalue weighted by Gasteiger charge is 2.27. The minimum Gasteiger partial charge on any atom is -0.329 e. The minimum absolute atomic E-state index is 0.290. The summed E-state index contributed by atoms with van der Waals surface area (Å²) in [6.45, 7) is 2.86. The molecule has 0 amide bonds. The van der Waals surface area contributed by atoms with Gasteiger partial charge < -0.3 is 15.6 Å². The van der Waals surface area contributed by atoms with E-state index < -0.39 is 0 Å². The minimum atomic E-state index is 0.290. The Morgan fingerprint density at radius 2 is 2.42 bits per heavy atom. The molecule has 1 atom stereocenters. The molecule has 0 bridgehead atoms. The number of aromatic nitrogens is 2. The Balaban J connectivity index is 2.12. The first kappa shape index (κ1) is 6.62. The molecule has 2 aliphatic heterocycles. The van der Waals surface area contributed by atoms with Gasteiger partial charge >= 0.3 is 0 Å². The summed E-state index contributed by atoms with van der Waals surface area (Å²) < 4.78 is 2.28. The van der Waals surface area contributed by atoms with E-state index in [9.17, 15) is 0 Å². The Morgan fingerprint density at radius 3 is 3.33 bits per heavy atom. The second-order valence-electron chi connectivity index (χ2n) is 3.60. The fraction of sp³-hybridized carbons (Fsp3) is 0.625. The van der Waals surface area contributed by atoms with Gasteiger partial charge in [0.1, 0.15) is 5.82 Å². The molecule has 0 aliphatic carbocycles. The van der Waals surface area contributed by atoms with Gasteiger partial charge in [-0.3, -0.25) is 0 Å². The molecule has 3 N–H and O–H groups in total. The van der Waals surface area contributed by atoms with Crippen LogP contribution in [0.1, 0.15) is 17.2 Å². The number of fused-ring (bicyclic) bond motifs is 3. The monoisotopic (exact) mass is 164 g/mol. The van der Waals surface area contributed by atoms with Crippen LogP contribution in [0.5, 0.6) is 0 Å². The van der Waals surface area contributed by atoms with E-state index in [1.54, 1.807) is 0 Å². The maximum atomic E-state index is 5.84. The highest BCUT2D eigenvalue weighted by atomic mass is 15.2. The summed E-state index contributed by atoms with van der Waals surface area (Å²) in [5.41, 5.74) is 8.43. The molecule has 0 aromatic carbocycles. The summed E-state index contributed by atoms with van der Waals surface area (Å²) in [5, 5.41) is 3.29. The Morgan fingerprint density at radius 1 is 1.50 bits per heavy atom. The molecule has 1 aromatic rings. The molecule has 64 valence electrons. The number of hydrogen-bond donors (Lipinski definition) is 2. The average Bonchev–Trinajstić information content (AvgIpc) is 2.59. The summed E-state index contributed by atoms with van der Waals surface area (Å²) in [4.78, 5) is 4.54.